The number of nitrogens with one attached hydrogen (secondary N) is 1. The molecule has 0 aliphatic heterocycles. The van der Waals surface area contributed by atoms with Crippen molar-refractivity contribution in [1.82, 2.24) is 10.2 Å². The minimum atomic E-state index is -0.583. The van der Waals surface area contributed by atoms with Crippen LogP contribution in [0.4, 0.5) is 0 Å². The molecule has 0 atom stereocenters. The highest BCUT2D eigenvalue weighted by atomic mass is 16.3. The van der Waals surface area contributed by atoms with Gasteiger partial charge in [-0.1, -0.05) is 13.8 Å². The molecule has 3 nitrogen and oxygen atoms in total. The number of likely N-dealkylation sites (N-methyl/N-ethyl adjacent to an activating group) is 1. The zero-order valence-corrected chi connectivity index (χ0v) is 10.1. The molecule has 3 heteroatoms. The summed E-state index contributed by atoms with van der Waals surface area (Å²) in [6, 6.07) is 0. The number of hydrogen-bond donors (Lipinski definition) is 2. The summed E-state index contributed by atoms with van der Waals surface area (Å²) in [6.07, 6.45) is 1.18. The third-order valence-electron chi connectivity index (χ3n) is 2.09. The molecule has 0 saturated carbocycles. The molecule has 0 aromatic rings. The van der Waals surface area contributed by atoms with E-state index in [4.69, 9.17) is 0 Å². The number of nitrogens with zero attached hydrogens (tertiary/aromatic N) is 1. The first kappa shape index (κ1) is 13.9. The summed E-state index contributed by atoms with van der Waals surface area (Å²) >= 11 is 0. The molecule has 0 amide bonds. The second-order valence-corrected chi connectivity index (χ2v) is 4.43. The van der Waals surface area contributed by atoms with Crippen molar-refractivity contribution in [2.45, 2.75) is 39.7 Å². The van der Waals surface area contributed by atoms with E-state index in [0.717, 1.165) is 32.7 Å². The van der Waals surface area contributed by atoms with E-state index < -0.39 is 5.60 Å². The normalized spacial score (nSPS) is 12.4. The maximum absolute atomic E-state index is 9.66. The van der Waals surface area contributed by atoms with E-state index in [-0.39, 0.29) is 0 Å². The summed E-state index contributed by atoms with van der Waals surface area (Å²) in [5.74, 6) is 0. The lowest BCUT2D eigenvalue weighted by molar-refractivity contribution is 0.0383. The van der Waals surface area contributed by atoms with Crippen LogP contribution in [-0.2, 0) is 0 Å². The van der Waals surface area contributed by atoms with Crippen LogP contribution in [-0.4, -0.2) is 48.3 Å². The van der Waals surface area contributed by atoms with Gasteiger partial charge < -0.3 is 10.4 Å². The number of rotatable bonds is 8. The summed E-state index contributed by atoms with van der Waals surface area (Å²) in [4.78, 5) is 2.27. The highest BCUT2D eigenvalue weighted by molar-refractivity contribution is 4.71. The van der Waals surface area contributed by atoms with Gasteiger partial charge in [-0.15, -0.1) is 0 Å². The maximum Gasteiger partial charge on any atom is 0.0718 e. The van der Waals surface area contributed by atoms with Gasteiger partial charge in [0.1, 0.15) is 0 Å². The average molecular weight is 202 g/mol. The van der Waals surface area contributed by atoms with Crippen LogP contribution in [0.3, 0.4) is 0 Å². The number of hydrogen-bond acceptors (Lipinski definition) is 3. The molecular weight excluding hydrogens is 176 g/mol. The van der Waals surface area contributed by atoms with Gasteiger partial charge in [-0.3, -0.25) is 4.90 Å². The van der Waals surface area contributed by atoms with Gasteiger partial charge in [0.2, 0.25) is 0 Å². The van der Waals surface area contributed by atoms with Gasteiger partial charge in [0, 0.05) is 19.6 Å². The summed E-state index contributed by atoms with van der Waals surface area (Å²) in [5.41, 5.74) is -0.583. The van der Waals surface area contributed by atoms with E-state index in [1.54, 1.807) is 0 Å². The Morgan fingerprint density at radius 3 is 2.29 bits per heavy atom. The van der Waals surface area contributed by atoms with Crippen LogP contribution in [0.1, 0.15) is 34.1 Å². The van der Waals surface area contributed by atoms with Crippen molar-refractivity contribution in [3.05, 3.63) is 0 Å². The Morgan fingerprint density at radius 1 is 1.21 bits per heavy atom. The molecule has 14 heavy (non-hydrogen) atoms. The molecule has 0 bridgehead atoms. The molecule has 0 heterocycles. The fraction of sp³-hybridized carbons (Fsp3) is 1.00. The Hall–Kier alpha value is -0.120. The van der Waals surface area contributed by atoms with Gasteiger partial charge in [-0.05, 0) is 33.4 Å². The lowest BCUT2D eigenvalue weighted by Crippen LogP contribution is -2.41. The van der Waals surface area contributed by atoms with Crippen LogP contribution in [0.5, 0.6) is 0 Å². The summed E-state index contributed by atoms with van der Waals surface area (Å²) in [7, 11) is 0. The van der Waals surface area contributed by atoms with E-state index in [9.17, 15) is 5.11 Å². The van der Waals surface area contributed by atoms with Crippen molar-refractivity contribution >= 4 is 0 Å². The van der Waals surface area contributed by atoms with E-state index in [2.05, 4.69) is 24.1 Å². The third kappa shape index (κ3) is 8.48. The lowest BCUT2D eigenvalue weighted by Gasteiger charge is -2.27. The Morgan fingerprint density at radius 2 is 1.86 bits per heavy atom. The van der Waals surface area contributed by atoms with Gasteiger partial charge in [-0.2, -0.15) is 0 Å². The van der Waals surface area contributed by atoms with Gasteiger partial charge in [0.15, 0.2) is 0 Å². The Bertz CT molecular complexity index is 132. The van der Waals surface area contributed by atoms with Crippen molar-refractivity contribution in [2.75, 3.05) is 32.7 Å². The molecule has 2 N–H and O–H groups in total. The topological polar surface area (TPSA) is 35.5 Å². The van der Waals surface area contributed by atoms with E-state index >= 15 is 0 Å². The molecule has 0 aromatic heterocycles. The van der Waals surface area contributed by atoms with E-state index in [1.807, 2.05) is 13.8 Å². The van der Waals surface area contributed by atoms with Crippen LogP contribution in [0.25, 0.3) is 0 Å². The second-order valence-electron chi connectivity index (χ2n) is 4.43. The van der Waals surface area contributed by atoms with Crippen molar-refractivity contribution in [2.24, 2.45) is 0 Å². The van der Waals surface area contributed by atoms with E-state index in [0.29, 0.717) is 0 Å². The zero-order valence-electron chi connectivity index (χ0n) is 10.1. The second kappa shape index (κ2) is 7.21. The third-order valence-corrected chi connectivity index (χ3v) is 2.09. The molecule has 0 aromatic carbocycles. The highest BCUT2D eigenvalue weighted by Gasteiger charge is 2.16. The molecule has 0 saturated heterocycles. The SMILES string of the molecule is CCCNCCN(CC)CC(C)(C)O. The molecule has 0 spiro atoms. The molecule has 86 valence electrons. The molecule has 0 fully saturated rings. The van der Waals surface area contributed by atoms with Gasteiger partial charge >= 0.3 is 0 Å². The van der Waals surface area contributed by atoms with Crippen molar-refractivity contribution in [3.63, 3.8) is 0 Å². The first-order valence-corrected chi connectivity index (χ1v) is 5.65. The standard InChI is InChI=1S/C11H26N2O/c1-5-7-12-8-9-13(6-2)10-11(3,4)14/h12,14H,5-10H2,1-4H3. The van der Waals surface area contributed by atoms with Crippen molar-refractivity contribution < 1.29 is 5.11 Å². The molecule has 0 aliphatic carbocycles. The Kier molecular flexibility index (Phi) is 7.15. The molecular formula is C11H26N2O. The molecule has 0 unspecified atom stereocenters. The average Bonchev–Trinajstić information content (AvgIpc) is 2.08. The van der Waals surface area contributed by atoms with Crippen LogP contribution in [0.2, 0.25) is 0 Å². The van der Waals surface area contributed by atoms with Crippen molar-refractivity contribution in [1.29, 1.82) is 0 Å². The molecule has 0 aliphatic rings. The quantitative estimate of drug-likeness (QED) is 0.578. The Labute approximate surface area is 88.5 Å². The van der Waals surface area contributed by atoms with Gasteiger partial charge in [-0.25, -0.2) is 0 Å². The summed E-state index contributed by atoms with van der Waals surface area (Å²) in [5, 5.41) is 13.0. The molecule has 0 rings (SSSR count). The first-order chi connectivity index (χ1) is 6.49. The minimum Gasteiger partial charge on any atom is -0.389 e. The van der Waals surface area contributed by atoms with Crippen LogP contribution < -0.4 is 5.32 Å². The van der Waals surface area contributed by atoms with Crippen LogP contribution in [0.15, 0.2) is 0 Å². The number of aliphatic hydroxyl groups is 1. The van der Waals surface area contributed by atoms with Crippen LogP contribution >= 0.6 is 0 Å². The van der Waals surface area contributed by atoms with Gasteiger partial charge in [0.25, 0.3) is 0 Å². The van der Waals surface area contributed by atoms with Gasteiger partial charge in [0.05, 0.1) is 5.60 Å². The largest absolute Gasteiger partial charge is 0.389 e. The zero-order chi connectivity index (χ0) is 11.0. The Balaban J connectivity index is 3.58. The first-order valence-electron chi connectivity index (χ1n) is 5.65. The monoisotopic (exact) mass is 202 g/mol. The predicted molar refractivity (Wildman–Crippen MR) is 61.6 cm³/mol. The molecule has 0 radical (unpaired) electrons. The highest BCUT2D eigenvalue weighted by Crippen LogP contribution is 2.03. The predicted octanol–water partition coefficient (Wildman–Crippen LogP) is 1.08. The summed E-state index contributed by atoms with van der Waals surface area (Å²) in [6.45, 7) is 12.9. The van der Waals surface area contributed by atoms with E-state index in [1.165, 1.54) is 6.42 Å². The fourth-order valence-electron chi connectivity index (χ4n) is 1.44. The fourth-order valence-corrected chi connectivity index (χ4v) is 1.44. The summed E-state index contributed by atoms with van der Waals surface area (Å²) < 4.78 is 0. The smallest absolute Gasteiger partial charge is 0.0718 e. The maximum atomic E-state index is 9.66. The lowest BCUT2D eigenvalue weighted by atomic mass is 10.1. The van der Waals surface area contributed by atoms with Crippen LogP contribution in [0, 0.1) is 0 Å². The van der Waals surface area contributed by atoms with Crippen molar-refractivity contribution in [3.8, 4) is 0 Å². The minimum absolute atomic E-state index is 0.583.